The zero-order valence-corrected chi connectivity index (χ0v) is 13.1. The Morgan fingerprint density at radius 1 is 1.14 bits per heavy atom. The number of anilines is 1. The average molecular weight is 320 g/mol. The minimum Gasteiger partial charge on any atom is -0.377 e. The number of para-hydroxylation sites is 2. The minimum absolute atomic E-state index is 0.600. The van der Waals surface area contributed by atoms with Crippen LogP contribution in [0.15, 0.2) is 42.5 Å². The van der Waals surface area contributed by atoms with Crippen LogP contribution in [-0.2, 0) is 13.1 Å². The molecule has 3 rings (SSSR count). The Bertz CT molecular complexity index is 780. The fraction of sp³-hybridized carbons (Fsp3) is 0.188. The Hall–Kier alpha value is -1.71. The molecule has 0 unspecified atom stereocenters. The fourth-order valence-corrected chi connectivity index (χ4v) is 2.78. The van der Waals surface area contributed by atoms with Crippen molar-refractivity contribution in [2.45, 2.75) is 20.0 Å². The monoisotopic (exact) mass is 319 g/mol. The van der Waals surface area contributed by atoms with Crippen LogP contribution < -0.4 is 5.32 Å². The summed E-state index contributed by atoms with van der Waals surface area (Å²) in [6.07, 6.45) is 0. The van der Waals surface area contributed by atoms with Crippen molar-refractivity contribution in [1.29, 1.82) is 0 Å². The minimum atomic E-state index is 0.600. The lowest BCUT2D eigenvalue weighted by Crippen LogP contribution is -2.08. The number of aromatic nitrogens is 2. The number of aryl methyl sites for hydroxylation is 1. The van der Waals surface area contributed by atoms with Crippen LogP contribution in [-0.4, -0.2) is 9.55 Å². The molecule has 3 aromatic rings. The molecule has 5 heteroatoms. The van der Waals surface area contributed by atoms with Gasteiger partial charge >= 0.3 is 0 Å². The quantitative estimate of drug-likeness (QED) is 0.735. The first-order chi connectivity index (χ1) is 10.2. The van der Waals surface area contributed by atoms with Gasteiger partial charge in [-0.1, -0.05) is 35.3 Å². The summed E-state index contributed by atoms with van der Waals surface area (Å²) in [5.41, 5.74) is 2.97. The molecule has 0 fully saturated rings. The number of halogens is 2. The molecule has 1 N–H and O–H groups in total. The molecule has 0 bridgehead atoms. The van der Waals surface area contributed by atoms with E-state index < -0.39 is 0 Å². The summed E-state index contributed by atoms with van der Waals surface area (Å²) in [4.78, 5) is 4.68. The number of fused-ring (bicyclic) bond motifs is 1. The summed E-state index contributed by atoms with van der Waals surface area (Å²) in [5, 5.41) is 4.62. The van der Waals surface area contributed by atoms with E-state index in [4.69, 9.17) is 23.2 Å². The lowest BCUT2D eigenvalue weighted by atomic mass is 10.3. The molecule has 21 heavy (non-hydrogen) atoms. The highest BCUT2D eigenvalue weighted by atomic mass is 35.5. The third-order valence-electron chi connectivity index (χ3n) is 3.42. The number of nitrogens with one attached hydrogen (secondary N) is 1. The molecule has 0 radical (unpaired) electrons. The zero-order chi connectivity index (χ0) is 14.8. The van der Waals surface area contributed by atoms with Gasteiger partial charge in [-0.3, -0.25) is 0 Å². The summed E-state index contributed by atoms with van der Waals surface area (Å²) in [6, 6.07) is 13.5. The van der Waals surface area contributed by atoms with Crippen LogP contribution in [0.2, 0.25) is 10.0 Å². The molecular weight excluding hydrogens is 305 g/mol. The van der Waals surface area contributed by atoms with E-state index in [9.17, 15) is 0 Å². The van der Waals surface area contributed by atoms with E-state index in [0.29, 0.717) is 16.6 Å². The van der Waals surface area contributed by atoms with Crippen molar-refractivity contribution in [3.63, 3.8) is 0 Å². The van der Waals surface area contributed by atoms with Gasteiger partial charge in [-0.2, -0.15) is 0 Å². The molecule has 0 aliphatic rings. The summed E-state index contributed by atoms with van der Waals surface area (Å²) >= 11 is 12.2. The molecule has 0 aliphatic heterocycles. The van der Waals surface area contributed by atoms with Crippen LogP contribution in [0.4, 0.5) is 5.69 Å². The number of nitrogens with zero attached hydrogens (tertiary/aromatic N) is 2. The fourth-order valence-electron chi connectivity index (χ4n) is 2.42. The SMILES string of the molecule is CCn1c(CNc2cc(Cl)ccc2Cl)nc2ccccc21. The summed E-state index contributed by atoms with van der Waals surface area (Å²) in [6.45, 7) is 3.59. The van der Waals surface area contributed by atoms with E-state index in [1.54, 1.807) is 12.1 Å². The Morgan fingerprint density at radius 3 is 2.76 bits per heavy atom. The lowest BCUT2D eigenvalue weighted by molar-refractivity contribution is 0.729. The molecule has 3 nitrogen and oxygen atoms in total. The smallest absolute Gasteiger partial charge is 0.129 e. The van der Waals surface area contributed by atoms with Crippen LogP contribution >= 0.6 is 23.2 Å². The van der Waals surface area contributed by atoms with E-state index >= 15 is 0 Å². The molecule has 108 valence electrons. The molecule has 0 amide bonds. The standard InChI is InChI=1S/C16H15Cl2N3/c1-2-21-15-6-4-3-5-13(15)20-16(21)10-19-14-9-11(17)7-8-12(14)18/h3-9,19H,2,10H2,1H3. The molecule has 2 aromatic carbocycles. The van der Waals surface area contributed by atoms with Gasteiger partial charge in [-0.05, 0) is 37.3 Å². The normalized spacial score (nSPS) is 11.0. The van der Waals surface area contributed by atoms with E-state index in [1.165, 1.54) is 0 Å². The van der Waals surface area contributed by atoms with Gasteiger partial charge in [-0.15, -0.1) is 0 Å². The van der Waals surface area contributed by atoms with Crippen molar-refractivity contribution in [2.24, 2.45) is 0 Å². The number of hydrogen-bond donors (Lipinski definition) is 1. The van der Waals surface area contributed by atoms with Gasteiger partial charge in [0.1, 0.15) is 5.82 Å². The molecule has 0 saturated heterocycles. The van der Waals surface area contributed by atoms with Crippen LogP contribution in [0.5, 0.6) is 0 Å². The Morgan fingerprint density at radius 2 is 1.95 bits per heavy atom. The first-order valence-electron chi connectivity index (χ1n) is 6.82. The molecule has 1 aromatic heterocycles. The largest absolute Gasteiger partial charge is 0.377 e. The second-order valence-corrected chi connectivity index (χ2v) is 5.58. The molecule has 0 atom stereocenters. The zero-order valence-electron chi connectivity index (χ0n) is 11.6. The highest BCUT2D eigenvalue weighted by Crippen LogP contribution is 2.26. The first-order valence-corrected chi connectivity index (χ1v) is 7.57. The summed E-state index contributed by atoms with van der Waals surface area (Å²) < 4.78 is 2.20. The van der Waals surface area contributed by atoms with Crippen LogP contribution in [0.3, 0.4) is 0 Å². The molecule has 0 aliphatic carbocycles. The second kappa shape index (κ2) is 5.96. The van der Waals surface area contributed by atoms with E-state index in [0.717, 1.165) is 29.1 Å². The van der Waals surface area contributed by atoms with E-state index in [1.807, 2.05) is 24.3 Å². The topological polar surface area (TPSA) is 29.9 Å². The van der Waals surface area contributed by atoms with Crippen LogP contribution in [0, 0.1) is 0 Å². The number of rotatable bonds is 4. The number of hydrogen-bond acceptors (Lipinski definition) is 2. The molecule has 0 spiro atoms. The predicted molar refractivity (Wildman–Crippen MR) is 89.2 cm³/mol. The van der Waals surface area contributed by atoms with Gasteiger partial charge in [0.15, 0.2) is 0 Å². The maximum absolute atomic E-state index is 6.17. The maximum atomic E-state index is 6.17. The van der Waals surface area contributed by atoms with Gasteiger partial charge in [-0.25, -0.2) is 4.98 Å². The van der Waals surface area contributed by atoms with Gasteiger partial charge in [0.05, 0.1) is 28.3 Å². The third-order valence-corrected chi connectivity index (χ3v) is 3.98. The van der Waals surface area contributed by atoms with Crippen LogP contribution in [0.25, 0.3) is 11.0 Å². The van der Waals surface area contributed by atoms with E-state index in [-0.39, 0.29) is 0 Å². The Kier molecular flexibility index (Phi) is 4.04. The highest BCUT2D eigenvalue weighted by Gasteiger charge is 2.09. The maximum Gasteiger partial charge on any atom is 0.129 e. The average Bonchev–Trinajstić information content (AvgIpc) is 2.85. The van der Waals surface area contributed by atoms with Gasteiger partial charge in [0.2, 0.25) is 0 Å². The third kappa shape index (κ3) is 2.85. The van der Waals surface area contributed by atoms with Crippen molar-refractivity contribution < 1.29 is 0 Å². The Labute approximate surface area is 133 Å². The van der Waals surface area contributed by atoms with E-state index in [2.05, 4.69) is 27.9 Å². The molecule has 1 heterocycles. The van der Waals surface area contributed by atoms with Crippen molar-refractivity contribution in [3.05, 3.63) is 58.3 Å². The number of imidazole rings is 1. The molecular formula is C16H15Cl2N3. The summed E-state index contributed by atoms with van der Waals surface area (Å²) in [7, 11) is 0. The van der Waals surface area contributed by atoms with Gasteiger partial charge in [0.25, 0.3) is 0 Å². The van der Waals surface area contributed by atoms with Crippen molar-refractivity contribution in [1.82, 2.24) is 9.55 Å². The Balaban J connectivity index is 1.89. The van der Waals surface area contributed by atoms with Crippen molar-refractivity contribution >= 4 is 39.9 Å². The highest BCUT2D eigenvalue weighted by molar-refractivity contribution is 6.35. The first kappa shape index (κ1) is 14.2. The van der Waals surface area contributed by atoms with Crippen molar-refractivity contribution in [2.75, 3.05) is 5.32 Å². The summed E-state index contributed by atoms with van der Waals surface area (Å²) in [5.74, 6) is 0.981. The second-order valence-electron chi connectivity index (χ2n) is 4.74. The van der Waals surface area contributed by atoms with Crippen molar-refractivity contribution in [3.8, 4) is 0 Å². The lowest BCUT2D eigenvalue weighted by Gasteiger charge is -2.10. The number of benzene rings is 2. The van der Waals surface area contributed by atoms with Gasteiger partial charge in [0, 0.05) is 11.6 Å². The predicted octanol–water partition coefficient (Wildman–Crippen LogP) is 4.98. The van der Waals surface area contributed by atoms with Crippen LogP contribution in [0.1, 0.15) is 12.7 Å². The molecule has 0 saturated carbocycles. The van der Waals surface area contributed by atoms with Gasteiger partial charge < -0.3 is 9.88 Å².